The summed E-state index contributed by atoms with van der Waals surface area (Å²) >= 11 is 0. The molecule has 0 aliphatic carbocycles. The molecular weight excluding hydrogens is 256 g/mol. The van der Waals surface area contributed by atoms with Crippen molar-refractivity contribution in [3.05, 3.63) is 29.8 Å². The molecule has 0 heterocycles. The van der Waals surface area contributed by atoms with E-state index in [1.54, 1.807) is 12.1 Å². The summed E-state index contributed by atoms with van der Waals surface area (Å²) in [5, 5.41) is 10.4. The highest BCUT2D eigenvalue weighted by molar-refractivity contribution is 5.94. The van der Waals surface area contributed by atoms with Crippen LogP contribution < -0.4 is 10.1 Å². The summed E-state index contributed by atoms with van der Waals surface area (Å²) in [6.07, 6.45) is 0.0166. The van der Waals surface area contributed by atoms with Gasteiger partial charge in [-0.15, -0.1) is 0 Å². The molecule has 0 aliphatic rings. The maximum absolute atomic E-state index is 12.8. The van der Waals surface area contributed by atoms with Gasteiger partial charge in [-0.25, -0.2) is 8.78 Å². The van der Waals surface area contributed by atoms with Crippen molar-refractivity contribution in [3.8, 4) is 5.75 Å². The van der Waals surface area contributed by atoms with Crippen LogP contribution in [0.5, 0.6) is 5.75 Å². The molecule has 0 aliphatic heterocycles. The highest BCUT2D eigenvalue weighted by atomic mass is 19.3. The van der Waals surface area contributed by atoms with Crippen LogP contribution in [0.1, 0.15) is 24.2 Å². The van der Waals surface area contributed by atoms with Crippen molar-refractivity contribution in [1.82, 2.24) is 5.32 Å². The van der Waals surface area contributed by atoms with E-state index in [1.807, 2.05) is 13.8 Å². The van der Waals surface area contributed by atoms with E-state index >= 15 is 0 Å². The molecule has 0 radical (unpaired) electrons. The summed E-state index contributed by atoms with van der Waals surface area (Å²) in [5.41, 5.74) is 0.254. The lowest BCUT2D eigenvalue weighted by atomic mass is 10.2. The van der Waals surface area contributed by atoms with Gasteiger partial charge in [0.05, 0.1) is 12.6 Å². The van der Waals surface area contributed by atoms with Crippen molar-refractivity contribution in [1.29, 1.82) is 0 Å². The number of alkyl halides is 2. The quantitative estimate of drug-likeness (QED) is 0.831. The molecule has 0 fully saturated rings. The van der Waals surface area contributed by atoms with Gasteiger partial charge in [-0.2, -0.15) is 0 Å². The third-order valence-electron chi connectivity index (χ3n) is 2.23. The number of hydrogen-bond donors (Lipinski definition) is 2. The van der Waals surface area contributed by atoms with Gasteiger partial charge >= 0.3 is 0 Å². The molecule has 0 unspecified atom stereocenters. The minimum absolute atomic E-state index is 0.0166. The van der Waals surface area contributed by atoms with Crippen LogP contribution in [0, 0.1) is 0 Å². The predicted octanol–water partition coefficient (Wildman–Crippen LogP) is 1.83. The molecule has 0 bridgehead atoms. The molecule has 1 amide bonds. The van der Waals surface area contributed by atoms with Crippen LogP contribution in [-0.2, 0) is 0 Å². The molecule has 1 aromatic rings. The number of hydrogen-bond acceptors (Lipinski definition) is 3. The van der Waals surface area contributed by atoms with Crippen LogP contribution in [0.2, 0.25) is 0 Å². The largest absolute Gasteiger partial charge is 0.491 e. The van der Waals surface area contributed by atoms with Gasteiger partial charge in [-0.1, -0.05) is 0 Å². The van der Waals surface area contributed by atoms with Crippen LogP contribution in [0.25, 0.3) is 0 Å². The summed E-state index contributed by atoms with van der Waals surface area (Å²) < 4.78 is 30.9. The standard InChI is InChI=1S/C13H17F2NO3/c1-9(2)19-11-5-3-10(4-6-11)12(18)16-7-13(14,15)8-17/h3-6,9,17H,7-8H2,1-2H3,(H,16,18). The van der Waals surface area contributed by atoms with Crippen molar-refractivity contribution < 1.29 is 23.4 Å². The lowest BCUT2D eigenvalue weighted by Gasteiger charge is -2.14. The van der Waals surface area contributed by atoms with E-state index in [1.165, 1.54) is 12.1 Å². The maximum atomic E-state index is 12.8. The molecule has 0 atom stereocenters. The van der Waals surface area contributed by atoms with E-state index in [4.69, 9.17) is 9.84 Å². The Morgan fingerprint density at radius 1 is 1.37 bits per heavy atom. The Labute approximate surface area is 110 Å². The smallest absolute Gasteiger partial charge is 0.287 e. The van der Waals surface area contributed by atoms with Gasteiger partial charge in [0.15, 0.2) is 0 Å². The zero-order valence-corrected chi connectivity index (χ0v) is 10.8. The van der Waals surface area contributed by atoms with Crippen LogP contribution in [0.4, 0.5) is 8.78 Å². The molecule has 0 saturated carbocycles. The number of benzene rings is 1. The summed E-state index contributed by atoms with van der Waals surface area (Å²) in [4.78, 5) is 11.6. The maximum Gasteiger partial charge on any atom is 0.287 e. The first-order valence-electron chi connectivity index (χ1n) is 5.87. The summed E-state index contributed by atoms with van der Waals surface area (Å²) in [6, 6.07) is 6.17. The van der Waals surface area contributed by atoms with Crippen LogP contribution in [0.3, 0.4) is 0 Å². The van der Waals surface area contributed by atoms with Gasteiger partial charge in [0.25, 0.3) is 11.8 Å². The molecule has 2 N–H and O–H groups in total. The molecule has 1 aromatic carbocycles. The molecule has 0 aromatic heterocycles. The summed E-state index contributed by atoms with van der Waals surface area (Å²) in [6.45, 7) is 1.55. The normalized spacial score (nSPS) is 11.5. The molecular formula is C13H17F2NO3. The molecule has 0 spiro atoms. The first-order chi connectivity index (χ1) is 8.84. The Bertz CT molecular complexity index is 418. The second-order valence-electron chi connectivity index (χ2n) is 4.39. The molecule has 6 heteroatoms. The Morgan fingerprint density at radius 2 is 1.95 bits per heavy atom. The number of halogens is 2. The monoisotopic (exact) mass is 273 g/mol. The number of rotatable bonds is 6. The number of nitrogens with one attached hydrogen (secondary N) is 1. The summed E-state index contributed by atoms with van der Waals surface area (Å²) in [5.74, 6) is -3.33. The lowest BCUT2D eigenvalue weighted by molar-refractivity contribution is -0.0462. The predicted molar refractivity (Wildman–Crippen MR) is 66.6 cm³/mol. The van der Waals surface area contributed by atoms with Crippen molar-refractivity contribution in [2.75, 3.05) is 13.2 Å². The average Bonchev–Trinajstić information content (AvgIpc) is 2.36. The number of carbonyl (C=O) groups is 1. The molecule has 4 nitrogen and oxygen atoms in total. The highest BCUT2D eigenvalue weighted by Gasteiger charge is 2.28. The topological polar surface area (TPSA) is 58.6 Å². The number of aliphatic hydroxyl groups is 1. The minimum atomic E-state index is -3.31. The third kappa shape index (κ3) is 5.21. The molecule has 19 heavy (non-hydrogen) atoms. The van der Waals surface area contributed by atoms with Gasteiger partial charge in [0, 0.05) is 5.56 Å². The van der Waals surface area contributed by atoms with E-state index in [0.717, 1.165) is 0 Å². The Kier molecular flexibility index (Phi) is 5.23. The van der Waals surface area contributed by atoms with Crippen molar-refractivity contribution in [2.45, 2.75) is 25.9 Å². The van der Waals surface area contributed by atoms with Gasteiger partial charge in [-0.05, 0) is 38.1 Å². The SMILES string of the molecule is CC(C)Oc1ccc(C(=O)NCC(F)(F)CO)cc1. The van der Waals surface area contributed by atoms with Crippen LogP contribution >= 0.6 is 0 Å². The van der Waals surface area contributed by atoms with E-state index in [9.17, 15) is 13.6 Å². The molecule has 1 rings (SSSR count). The van der Waals surface area contributed by atoms with Gasteiger partial charge in [0.2, 0.25) is 0 Å². The lowest BCUT2D eigenvalue weighted by Crippen LogP contribution is -2.38. The third-order valence-corrected chi connectivity index (χ3v) is 2.23. The van der Waals surface area contributed by atoms with Gasteiger partial charge < -0.3 is 15.2 Å². The first kappa shape index (κ1) is 15.4. The molecule has 0 saturated heterocycles. The van der Waals surface area contributed by atoms with Crippen LogP contribution in [-0.4, -0.2) is 36.2 Å². The zero-order chi connectivity index (χ0) is 14.5. The Morgan fingerprint density at radius 3 is 2.42 bits per heavy atom. The van der Waals surface area contributed by atoms with Crippen molar-refractivity contribution in [3.63, 3.8) is 0 Å². The average molecular weight is 273 g/mol. The first-order valence-corrected chi connectivity index (χ1v) is 5.87. The van der Waals surface area contributed by atoms with Gasteiger partial charge in [-0.3, -0.25) is 4.79 Å². The van der Waals surface area contributed by atoms with Crippen molar-refractivity contribution >= 4 is 5.91 Å². The fourth-order valence-electron chi connectivity index (χ4n) is 1.32. The Hall–Kier alpha value is -1.69. The zero-order valence-electron chi connectivity index (χ0n) is 10.8. The van der Waals surface area contributed by atoms with Gasteiger partial charge in [0.1, 0.15) is 12.4 Å². The minimum Gasteiger partial charge on any atom is -0.491 e. The second-order valence-corrected chi connectivity index (χ2v) is 4.39. The molecule has 106 valence electrons. The van der Waals surface area contributed by atoms with E-state index in [2.05, 4.69) is 5.32 Å². The fourth-order valence-corrected chi connectivity index (χ4v) is 1.32. The summed E-state index contributed by atoms with van der Waals surface area (Å²) in [7, 11) is 0. The highest BCUT2D eigenvalue weighted by Crippen LogP contribution is 2.14. The van der Waals surface area contributed by atoms with E-state index < -0.39 is 25.0 Å². The van der Waals surface area contributed by atoms with Crippen LogP contribution in [0.15, 0.2) is 24.3 Å². The number of amides is 1. The van der Waals surface area contributed by atoms with E-state index in [-0.39, 0.29) is 11.7 Å². The Balaban J connectivity index is 2.58. The van der Waals surface area contributed by atoms with E-state index in [0.29, 0.717) is 5.75 Å². The fraction of sp³-hybridized carbons (Fsp3) is 0.462. The number of ether oxygens (including phenoxy) is 1. The van der Waals surface area contributed by atoms with Crippen molar-refractivity contribution in [2.24, 2.45) is 0 Å². The second kappa shape index (κ2) is 6.47. The number of carbonyl (C=O) groups excluding carboxylic acids is 1. The number of aliphatic hydroxyl groups excluding tert-OH is 1.